The van der Waals surface area contributed by atoms with E-state index in [4.69, 9.17) is 0 Å². The van der Waals surface area contributed by atoms with Gasteiger partial charge in [-0.1, -0.05) is 0 Å². The van der Waals surface area contributed by atoms with Gasteiger partial charge in [0.2, 0.25) is 21.9 Å². The van der Waals surface area contributed by atoms with Crippen molar-refractivity contribution in [1.82, 2.24) is 4.72 Å². The van der Waals surface area contributed by atoms with Crippen molar-refractivity contribution in [3.05, 3.63) is 29.8 Å². The fraction of sp³-hybridized carbons (Fsp3) is 0.429. The summed E-state index contributed by atoms with van der Waals surface area (Å²) in [5.74, 6) is -4.12. The lowest BCUT2D eigenvalue weighted by atomic mass is 9.79. The Morgan fingerprint density at radius 1 is 1.22 bits per heavy atom. The van der Waals surface area contributed by atoms with Crippen LogP contribution in [-0.2, 0) is 14.8 Å². The van der Waals surface area contributed by atoms with Crippen molar-refractivity contribution < 1.29 is 26.8 Å². The number of carbonyl (C=O) groups excluding carboxylic acids is 2. The topological polar surface area (TPSA) is 92.3 Å². The zero-order valence-corrected chi connectivity index (χ0v) is 13.1. The minimum absolute atomic E-state index is 0.0197. The number of rotatable bonds is 5. The average molecular weight is 346 g/mol. The van der Waals surface area contributed by atoms with Gasteiger partial charge in [0.15, 0.2) is 0 Å². The van der Waals surface area contributed by atoms with Crippen LogP contribution in [0.2, 0.25) is 0 Å². The molecule has 0 bridgehead atoms. The maximum Gasteiger partial charge on any atom is 0.264 e. The van der Waals surface area contributed by atoms with Gasteiger partial charge in [-0.25, -0.2) is 21.9 Å². The van der Waals surface area contributed by atoms with Crippen LogP contribution in [0.15, 0.2) is 24.3 Å². The molecule has 23 heavy (non-hydrogen) atoms. The summed E-state index contributed by atoms with van der Waals surface area (Å²) < 4.78 is 49.1. The maximum atomic E-state index is 12.7. The van der Waals surface area contributed by atoms with Gasteiger partial charge in [-0.05, 0) is 30.2 Å². The van der Waals surface area contributed by atoms with E-state index in [1.807, 2.05) is 4.72 Å². The molecule has 0 heterocycles. The number of nitrogens with one attached hydrogen (secondary N) is 2. The Morgan fingerprint density at radius 2 is 1.78 bits per heavy atom. The molecule has 1 aliphatic carbocycles. The van der Waals surface area contributed by atoms with E-state index < -0.39 is 21.9 Å². The molecule has 9 heteroatoms. The van der Waals surface area contributed by atoms with Gasteiger partial charge in [-0.15, -0.1) is 0 Å². The van der Waals surface area contributed by atoms with E-state index in [0.717, 1.165) is 6.26 Å². The van der Waals surface area contributed by atoms with Crippen molar-refractivity contribution in [2.24, 2.45) is 5.92 Å². The minimum Gasteiger partial charge on any atom is -0.326 e. The SMILES string of the molecule is CS(=O)(=O)NC(=O)c1ccc(NC(=O)CC2CC(F)(F)C2)cc1. The Hall–Kier alpha value is -2.03. The van der Waals surface area contributed by atoms with Gasteiger partial charge in [0.1, 0.15) is 0 Å². The molecule has 0 aromatic heterocycles. The normalized spacial score (nSPS) is 17.2. The van der Waals surface area contributed by atoms with Crippen LogP contribution in [-0.4, -0.2) is 32.4 Å². The Bertz CT molecular complexity index is 709. The predicted molar refractivity (Wildman–Crippen MR) is 79.7 cm³/mol. The molecular weight excluding hydrogens is 330 g/mol. The molecule has 2 N–H and O–H groups in total. The first kappa shape index (κ1) is 17.3. The minimum atomic E-state index is -3.65. The molecule has 1 aromatic carbocycles. The lowest BCUT2D eigenvalue weighted by Gasteiger charge is -2.34. The summed E-state index contributed by atoms with van der Waals surface area (Å²) in [6.45, 7) is 0. The van der Waals surface area contributed by atoms with Gasteiger partial charge in [0.05, 0.1) is 6.26 Å². The Kier molecular flexibility index (Phi) is 4.69. The molecular formula is C14H16F2N2O4S. The van der Waals surface area contributed by atoms with Crippen molar-refractivity contribution >= 4 is 27.5 Å². The summed E-state index contributed by atoms with van der Waals surface area (Å²) in [5.41, 5.74) is 0.518. The summed E-state index contributed by atoms with van der Waals surface area (Å²) in [6.07, 6.45) is 0.339. The molecule has 6 nitrogen and oxygen atoms in total. The fourth-order valence-electron chi connectivity index (χ4n) is 2.34. The number of anilines is 1. The van der Waals surface area contributed by atoms with Crippen molar-refractivity contribution in [3.63, 3.8) is 0 Å². The summed E-state index contributed by atoms with van der Waals surface area (Å²) >= 11 is 0. The third kappa shape index (κ3) is 5.27. The van der Waals surface area contributed by atoms with Gasteiger partial charge in [-0.3, -0.25) is 9.59 Å². The van der Waals surface area contributed by atoms with Crippen molar-refractivity contribution in [2.75, 3.05) is 11.6 Å². The lowest BCUT2D eigenvalue weighted by Crippen LogP contribution is -2.37. The van der Waals surface area contributed by atoms with E-state index in [9.17, 15) is 26.8 Å². The number of sulfonamides is 1. The molecule has 1 fully saturated rings. The van der Waals surface area contributed by atoms with Crippen LogP contribution in [0.1, 0.15) is 29.6 Å². The van der Waals surface area contributed by atoms with Gasteiger partial charge in [-0.2, -0.15) is 0 Å². The van der Waals surface area contributed by atoms with Crippen LogP contribution >= 0.6 is 0 Å². The molecule has 0 radical (unpaired) electrons. The quantitative estimate of drug-likeness (QED) is 0.849. The highest BCUT2D eigenvalue weighted by molar-refractivity contribution is 7.89. The van der Waals surface area contributed by atoms with Crippen LogP contribution in [0.4, 0.5) is 14.5 Å². The molecule has 0 saturated heterocycles. The van der Waals surface area contributed by atoms with Crippen LogP contribution in [0.25, 0.3) is 0 Å². The van der Waals surface area contributed by atoms with Crippen LogP contribution in [0, 0.1) is 5.92 Å². The highest BCUT2D eigenvalue weighted by Crippen LogP contribution is 2.44. The molecule has 1 saturated carbocycles. The van der Waals surface area contributed by atoms with E-state index in [2.05, 4.69) is 5.32 Å². The van der Waals surface area contributed by atoms with Gasteiger partial charge >= 0.3 is 0 Å². The van der Waals surface area contributed by atoms with Crippen molar-refractivity contribution in [3.8, 4) is 0 Å². The highest BCUT2D eigenvalue weighted by atomic mass is 32.2. The van der Waals surface area contributed by atoms with Crippen LogP contribution in [0.3, 0.4) is 0 Å². The molecule has 2 amide bonds. The molecule has 126 valence electrons. The first-order chi connectivity index (χ1) is 10.5. The number of alkyl halides is 2. The summed E-state index contributed by atoms with van der Waals surface area (Å²) in [6, 6.07) is 5.58. The number of benzene rings is 1. The summed E-state index contributed by atoms with van der Waals surface area (Å²) in [4.78, 5) is 23.3. The van der Waals surface area contributed by atoms with Gasteiger partial charge < -0.3 is 5.32 Å². The zero-order valence-electron chi connectivity index (χ0n) is 12.3. The highest BCUT2D eigenvalue weighted by Gasteiger charge is 2.45. The molecule has 0 atom stereocenters. The van der Waals surface area contributed by atoms with E-state index in [1.165, 1.54) is 24.3 Å². The van der Waals surface area contributed by atoms with Crippen LogP contribution < -0.4 is 10.0 Å². The smallest absolute Gasteiger partial charge is 0.264 e. The molecule has 1 aromatic rings. The predicted octanol–water partition coefficient (Wildman–Crippen LogP) is 1.75. The standard InChI is InChI=1S/C14H16F2N2O4S/c1-23(21,22)18-13(20)10-2-4-11(5-3-10)17-12(19)6-9-7-14(15,16)8-9/h2-5,9H,6-8H2,1H3,(H,17,19)(H,18,20). The third-order valence-corrected chi connectivity index (χ3v) is 3.91. The Morgan fingerprint density at radius 3 is 2.26 bits per heavy atom. The monoisotopic (exact) mass is 346 g/mol. The van der Waals surface area contributed by atoms with E-state index in [0.29, 0.717) is 5.69 Å². The molecule has 1 aliphatic rings. The summed E-state index contributed by atoms with van der Waals surface area (Å²) in [5, 5.41) is 2.55. The second-order valence-electron chi connectivity index (χ2n) is 5.66. The van der Waals surface area contributed by atoms with Gasteiger partial charge in [0.25, 0.3) is 5.91 Å². The number of hydrogen-bond donors (Lipinski definition) is 2. The van der Waals surface area contributed by atoms with Gasteiger partial charge in [0, 0.05) is 30.5 Å². The van der Waals surface area contributed by atoms with Crippen LogP contribution in [0.5, 0.6) is 0 Å². The van der Waals surface area contributed by atoms with E-state index in [1.54, 1.807) is 0 Å². The van der Waals surface area contributed by atoms with Crippen molar-refractivity contribution in [1.29, 1.82) is 0 Å². The van der Waals surface area contributed by atoms with E-state index in [-0.39, 0.29) is 36.7 Å². The fourth-order valence-corrected chi connectivity index (χ4v) is 2.79. The second-order valence-corrected chi connectivity index (χ2v) is 7.41. The lowest BCUT2D eigenvalue weighted by molar-refractivity contribution is -0.129. The number of amides is 2. The maximum absolute atomic E-state index is 12.7. The third-order valence-electron chi connectivity index (χ3n) is 3.36. The first-order valence-electron chi connectivity index (χ1n) is 6.84. The molecule has 0 spiro atoms. The molecule has 0 unspecified atom stereocenters. The Labute approximate surface area is 132 Å². The Balaban J connectivity index is 1.87. The molecule has 0 aliphatic heterocycles. The molecule has 2 rings (SSSR count). The number of carbonyl (C=O) groups is 2. The first-order valence-corrected chi connectivity index (χ1v) is 8.73. The second kappa shape index (κ2) is 6.23. The largest absolute Gasteiger partial charge is 0.326 e. The number of hydrogen-bond acceptors (Lipinski definition) is 4. The summed E-state index contributed by atoms with van der Waals surface area (Å²) in [7, 11) is -3.65. The van der Waals surface area contributed by atoms with E-state index >= 15 is 0 Å². The zero-order chi connectivity index (χ0) is 17.3. The van der Waals surface area contributed by atoms with Crippen molar-refractivity contribution in [2.45, 2.75) is 25.2 Å². The number of halogens is 2. The average Bonchev–Trinajstić information content (AvgIpc) is 2.35.